The number of fused-ring (bicyclic) bond motifs is 1. The molecule has 1 fully saturated rings. The van der Waals surface area contributed by atoms with Crippen LogP contribution in [0.5, 0.6) is 5.75 Å². The van der Waals surface area contributed by atoms with E-state index in [0.717, 1.165) is 16.5 Å². The van der Waals surface area contributed by atoms with Crippen LogP contribution in [0.15, 0.2) is 48.5 Å². The standard InChI is InChI=1S/C26H27N5O4/c1-3-31(18(15-27)13-17-7-4-5-8-20(17)28-16-32)25(34)26(11-12-26)30-24(33)22-14-19-21(29-22)9-6-10-23(19)35-2/h4-10,14,16,18,29H,3,11-13H2,1-2H3,(H,28,32)(H,30,33). The summed E-state index contributed by atoms with van der Waals surface area (Å²) >= 11 is 0. The van der Waals surface area contributed by atoms with E-state index in [1.54, 1.807) is 32.2 Å². The number of aromatic amines is 1. The number of ether oxygens (including phenoxy) is 1. The Morgan fingerprint density at radius 3 is 2.69 bits per heavy atom. The van der Waals surface area contributed by atoms with Crippen molar-refractivity contribution >= 4 is 34.8 Å². The summed E-state index contributed by atoms with van der Waals surface area (Å²) < 4.78 is 5.36. The summed E-state index contributed by atoms with van der Waals surface area (Å²) in [6.45, 7) is 2.11. The smallest absolute Gasteiger partial charge is 0.268 e. The maximum absolute atomic E-state index is 13.6. The first kappa shape index (κ1) is 23.8. The summed E-state index contributed by atoms with van der Waals surface area (Å²) in [7, 11) is 1.57. The molecule has 0 saturated heterocycles. The van der Waals surface area contributed by atoms with E-state index in [0.29, 0.717) is 42.9 Å². The number of hydrogen-bond acceptors (Lipinski definition) is 5. The number of likely N-dealkylation sites (N-methyl/N-ethyl adjacent to an activating group) is 1. The van der Waals surface area contributed by atoms with Gasteiger partial charge in [-0.2, -0.15) is 5.26 Å². The minimum Gasteiger partial charge on any atom is -0.496 e. The normalized spacial score (nSPS) is 14.4. The molecular weight excluding hydrogens is 446 g/mol. The lowest BCUT2D eigenvalue weighted by Gasteiger charge is -2.30. The Labute approximate surface area is 203 Å². The van der Waals surface area contributed by atoms with Crippen molar-refractivity contribution in [1.29, 1.82) is 5.26 Å². The van der Waals surface area contributed by atoms with Crippen LogP contribution in [-0.4, -0.2) is 53.3 Å². The highest BCUT2D eigenvalue weighted by molar-refractivity contribution is 6.03. The molecule has 0 spiro atoms. The van der Waals surface area contributed by atoms with Crippen LogP contribution in [0.4, 0.5) is 5.69 Å². The number of H-pyrrole nitrogens is 1. The number of carbonyl (C=O) groups excluding carboxylic acids is 3. The minimum absolute atomic E-state index is 0.249. The van der Waals surface area contributed by atoms with Crippen LogP contribution < -0.4 is 15.4 Å². The number of anilines is 1. The molecule has 0 radical (unpaired) electrons. The maximum Gasteiger partial charge on any atom is 0.268 e. The zero-order valence-corrected chi connectivity index (χ0v) is 19.6. The number of nitrogens with zero attached hydrogens (tertiary/aromatic N) is 2. The van der Waals surface area contributed by atoms with E-state index in [9.17, 15) is 19.6 Å². The van der Waals surface area contributed by atoms with Crippen molar-refractivity contribution in [3.63, 3.8) is 0 Å². The molecule has 0 bridgehead atoms. The predicted octanol–water partition coefficient (Wildman–Crippen LogP) is 2.99. The molecule has 1 saturated carbocycles. The highest BCUT2D eigenvalue weighted by atomic mass is 16.5. The summed E-state index contributed by atoms with van der Waals surface area (Å²) in [4.78, 5) is 42.2. The Morgan fingerprint density at radius 2 is 2.03 bits per heavy atom. The summed E-state index contributed by atoms with van der Waals surface area (Å²) in [6, 6.07) is 15.8. The van der Waals surface area contributed by atoms with Crippen LogP contribution in [0, 0.1) is 11.3 Å². The van der Waals surface area contributed by atoms with E-state index in [4.69, 9.17) is 4.74 Å². The third-order valence-electron chi connectivity index (χ3n) is 6.37. The Bertz CT molecular complexity index is 1300. The first-order chi connectivity index (χ1) is 17.0. The van der Waals surface area contributed by atoms with Gasteiger partial charge in [-0.25, -0.2) is 0 Å². The third kappa shape index (κ3) is 4.68. The highest BCUT2D eigenvalue weighted by Gasteiger charge is 2.54. The first-order valence-corrected chi connectivity index (χ1v) is 11.4. The summed E-state index contributed by atoms with van der Waals surface area (Å²) in [5.74, 6) is -0.0259. The Balaban J connectivity index is 1.52. The van der Waals surface area contributed by atoms with Crippen LogP contribution in [0.2, 0.25) is 0 Å². The lowest BCUT2D eigenvalue weighted by atomic mass is 10.0. The monoisotopic (exact) mass is 473 g/mol. The fourth-order valence-electron chi connectivity index (χ4n) is 4.35. The second kappa shape index (κ2) is 9.89. The molecule has 180 valence electrons. The second-order valence-electron chi connectivity index (χ2n) is 8.50. The van der Waals surface area contributed by atoms with Gasteiger partial charge in [0.1, 0.15) is 23.0 Å². The molecule has 3 N–H and O–H groups in total. The largest absolute Gasteiger partial charge is 0.496 e. The van der Waals surface area contributed by atoms with Crippen LogP contribution >= 0.6 is 0 Å². The van der Waals surface area contributed by atoms with Gasteiger partial charge in [0.2, 0.25) is 12.3 Å². The van der Waals surface area contributed by atoms with Gasteiger partial charge in [0.15, 0.2) is 0 Å². The molecule has 35 heavy (non-hydrogen) atoms. The zero-order valence-electron chi connectivity index (χ0n) is 19.6. The Morgan fingerprint density at radius 1 is 1.26 bits per heavy atom. The molecule has 3 aromatic rings. The second-order valence-corrected chi connectivity index (χ2v) is 8.50. The molecule has 1 aliphatic rings. The highest BCUT2D eigenvalue weighted by Crippen LogP contribution is 2.38. The van der Waals surface area contributed by atoms with Crippen molar-refractivity contribution in [2.24, 2.45) is 0 Å². The molecule has 1 aromatic heterocycles. The van der Waals surface area contributed by atoms with E-state index < -0.39 is 11.6 Å². The van der Waals surface area contributed by atoms with E-state index in [1.165, 1.54) is 4.90 Å². The summed E-state index contributed by atoms with van der Waals surface area (Å²) in [5, 5.41) is 16.2. The molecule has 0 aliphatic heterocycles. The SMILES string of the molecule is CCN(C(=O)C1(NC(=O)c2cc3c(OC)cccc3[nH]2)CC1)C(C#N)Cc1ccccc1NC=O. The average Bonchev–Trinajstić information content (AvgIpc) is 3.51. The number of nitrogens with one attached hydrogen (secondary N) is 3. The first-order valence-electron chi connectivity index (χ1n) is 11.4. The third-order valence-corrected chi connectivity index (χ3v) is 6.37. The number of nitriles is 1. The van der Waals surface area contributed by atoms with Gasteiger partial charge < -0.3 is 25.3 Å². The molecule has 9 heteroatoms. The number of benzene rings is 2. The lowest BCUT2D eigenvalue weighted by Crippen LogP contribution is -2.54. The van der Waals surface area contributed by atoms with Gasteiger partial charge in [0, 0.05) is 29.6 Å². The topological polar surface area (TPSA) is 127 Å². The fraction of sp³-hybridized carbons (Fsp3) is 0.308. The van der Waals surface area contributed by atoms with Gasteiger partial charge in [-0.05, 0) is 49.6 Å². The van der Waals surface area contributed by atoms with Gasteiger partial charge >= 0.3 is 0 Å². The number of aromatic nitrogens is 1. The average molecular weight is 474 g/mol. The molecule has 1 aliphatic carbocycles. The Kier molecular flexibility index (Phi) is 6.73. The number of methoxy groups -OCH3 is 1. The predicted molar refractivity (Wildman–Crippen MR) is 131 cm³/mol. The van der Waals surface area contributed by atoms with Gasteiger partial charge in [-0.1, -0.05) is 24.3 Å². The van der Waals surface area contributed by atoms with Crippen LogP contribution in [0.3, 0.4) is 0 Å². The number of carbonyl (C=O) groups is 3. The van der Waals surface area contributed by atoms with E-state index in [2.05, 4.69) is 21.7 Å². The van der Waals surface area contributed by atoms with Gasteiger partial charge in [-0.15, -0.1) is 0 Å². The molecular formula is C26H27N5O4. The molecule has 1 atom stereocenters. The molecule has 1 unspecified atom stereocenters. The van der Waals surface area contributed by atoms with E-state index in [-0.39, 0.29) is 18.2 Å². The Hall–Kier alpha value is -4.32. The van der Waals surface area contributed by atoms with Crippen LogP contribution in [0.1, 0.15) is 35.8 Å². The van der Waals surface area contributed by atoms with Crippen molar-refractivity contribution in [3.05, 3.63) is 59.8 Å². The molecule has 3 amide bonds. The van der Waals surface area contributed by atoms with Crippen LogP contribution in [-0.2, 0) is 16.0 Å². The quantitative estimate of drug-likeness (QED) is 0.390. The maximum atomic E-state index is 13.6. The van der Waals surface area contributed by atoms with Gasteiger partial charge in [0.25, 0.3) is 5.91 Å². The number of hydrogen-bond donors (Lipinski definition) is 3. The zero-order chi connectivity index (χ0) is 25.0. The van der Waals surface area contributed by atoms with Crippen molar-refractivity contribution in [1.82, 2.24) is 15.2 Å². The fourth-order valence-corrected chi connectivity index (χ4v) is 4.35. The molecule has 9 nitrogen and oxygen atoms in total. The minimum atomic E-state index is -1.04. The summed E-state index contributed by atoms with van der Waals surface area (Å²) in [6.07, 6.45) is 1.83. The van der Waals surface area contributed by atoms with Crippen LogP contribution in [0.25, 0.3) is 10.9 Å². The van der Waals surface area contributed by atoms with Crippen molar-refractivity contribution in [2.75, 3.05) is 19.0 Å². The van der Waals surface area contributed by atoms with Crippen molar-refractivity contribution in [3.8, 4) is 11.8 Å². The van der Waals surface area contributed by atoms with Crippen molar-refractivity contribution < 1.29 is 19.1 Å². The van der Waals surface area contributed by atoms with E-state index >= 15 is 0 Å². The number of amides is 3. The summed E-state index contributed by atoms with van der Waals surface area (Å²) in [5.41, 5.74) is 1.39. The molecule has 1 heterocycles. The van der Waals surface area contributed by atoms with Crippen molar-refractivity contribution in [2.45, 2.75) is 37.8 Å². The van der Waals surface area contributed by atoms with Gasteiger partial charge in [0.05, 0.1) is 13.2 Å². The number of rotatable bonds is 10. The molecule has 2 aromatic carbocycles. The number of para-hydroxylation sites is 1. The molecule has 4 rings (SSSR count). The van der Waals surface area contributed by atoms with Gasteiger partial charge in [-0.3, -0.25) is 14.4 Å². The van der Waals surface area contributed by atoms with E-state index in [1.807, 2.05) is 30.3 Å². The lowest BCUT2D eigenvalue weighted by molar-refractivity contribution is -0.135.